The Labute approximate surface area is 144 Å². The third kappa shape index (κ3) is 3.96. The van der Waals surface area contributed by atoms with Gasteiger partial charge < -0.3 is 5.32 Å². The molecule has 1 aliphatic rings. The van der Waals surface area contributed by atoms with Crippen molar-refractivity contribution < 1.29 is 18.0 Å². The Morgan fingerprint density at radius 3 is 2.67 bits per heavy atom. The summed E-state index contributed by atoms with van der Waals surface area (Å²) < 4.78 is 25.4. The van der Waals surface area contributed by atoms with Gasteiger partial charge in [-0.3, -0.25) is 9.63 Å². The molecule has 0 unspecified atom stereocenters. The number of carbonyl (C=O) groups excluding carboxylic acids is 1. The van der Waals surface area contributed by atoms with Crippen LogP contribution in [0.3, 0.4) is 0 Å². The van der Waals surface area contributed by atoms with Gasteiger partial charge in [0.05, 0.1) is 12.0 Å². The SMILES string of the molecule is CON(C)S(=O)(=O)c1cccc(C(=O)N[C@@H]2CCC[C@H](C)[C@@H]2C)c1. The van der Waals surface area contributed by atoms with Gasteiger partial charge in [0.1, 0.15) is 0 Å². The predicted molar refractivity (Wildman–Crippen MR) is 91.8 cm³/mol. The second-order valence-corrected chi connectivity index (χ2v) is 8.41. The first-order valence-electron chi connectivity index (χ1n) is 8.21. The molecule has 1 saturated carbocycles. The lowest BCUT2D eigenvalue weighted by Crippen LogP contribution is -2.43. The van der Waals surface area contributed by atoms with Gasteiger partial charge in [0, 0.05) is 18.7 Å². The highest BCUT2D eigenvalue weighted by molar-refractivity contribution is 7.89. The molecule has 6 nitrogen and oxygen atoms in total. The second kappa shape index (κ2) is 7.63. The molecule has 0 saturated heterocycles. The third-order valence-electron chi connectivity index (χ3n) is 5.01. The van der Waals surface area contributed by atoms with Gasteiger partial charge in [-0.15, -0.1) is 0 Å². The summed E-state index contributed by atoms with van der Waals surface area (Å²) in [5.74, 6) is 0.749. The van der Waals surface area contributed by atoms with E-state index in [1.54, 1.807) is 12.1 Å². The molecule has 0 radical (unpaired) electrons. The molecule has 2 rings (SSSR count). The molecule has 0 spiro atoms. The van der Waals surface area contributed by atoms with Gasteiger partial charge >= 0.3 is 0 Å². The van der Waals surface area contributed by atoms with E-state index in [2.05, 4.69) is 19.2 Å². The molecule has 0 heterocycles. The van der Waals surface area contributed by atoms with E-state index in [0.717, 1.165) is 17.3 Å². The largest absolute Gasteiger partial charge is 0.349 e. The first-order chi connectivity index (χ1) is 11.3. The summed E-state index contributed by atoms with van der Waals surface area (Å²) in [6.07, 6.45) is 3.25. The van der Waals surface area contributed by atoms with Crippen molar-refractivity contribution in [2.75, 3.05) is 14.2 Å². The van der Waals surface area contributed by atoms with E-state index in [1.165, 1.54) is 32.7 Å². The number of carbonyl (C=O) groups is 1. The van der Waals surface area contributed by atoms with E-state index in [4.69, 9.17) is 4.84 Å². The molecule has 1 aliphatic carbocycles. The van der Waals surface area contributed by atoms with Crippen molar-refractivity contribution in [2.45, 2.75) is 44.0 Å². The van der Waals surface area contributed by atoms with Crippen LogP contribution in [0.1, 0.15) is 43.5 Å². The van der Waals surface area contributed by atoms with Crippen LogP contribution in [0, 0.1) is 11.8 Å². The summed E-state index contributed by atoms with van der Waals surface area (Å²) in [7, 11) is -1.18. The number of rotatable bonds is 5. The topological polar surface area (TPSA) is 75.7 Å². The third-order valence-corrected chi connectivity index (χ3v) is 6.69. The molecule has 1 fully saturated rings. The summed E-state index contributed by atoms with van der Waals surface area (Å²) in [4.78, 5) is 17.3. The van der Waals surface area contributed by atoms with E-state index in [-0.39, 0.29) is 16.8 Å². The molecule has 7 heteroatoms. The van der Waals surface area contributed by atoms with Crippen LogP contribution in [0.5, 0.6) is 0 Å². The Kier molecular flexibility index (Phi) is 6.01. The van der Waals surface area contributed by atoms with Gasteiger partial charge in [-0.2, -0.15) is 0 Å². The number of hydrogen-bond acceptors (Lipinski definition) is 4. The monoisotopic (exact) mass is 354 g/mol. The fourth-order valence-electron chi connectivity index (χ4n) is 3.08. The van der Waals surface area contributed by atoms with E-state index in [1.807, 2.05) is 0 Å². The van der Waals surface area contributed by atoms with Crippen LogP contribution >= 0.6 is 0 Å². The summed E-state index contributed by atoms with van der Waals surface area (Å²) in [6, 6.07) is 6.16. The minimum Gasteiger partial charge on any atom is -0.349 e. The minimum absolute atomic E-state index is 0.0320. The van der Waals surface area contributed by atoms with Gasteiger partial charge in [-0.25, -0.2) is 8.42 Å². The lowest BCUT2D eigenvalue weighted by atomic mass is 9.78. The van der Waals surface area contributed by atoms with Gasteiger partial charge in [-0.05, 0) is 36.5 Å². The van der Waals surface area contributed by atoms with E-state index in [9.17, 15) is 13.2 Å². The molecular formula is C17H26N2O4S. The van der Waals surface area contributed by atoms with Crippen LogP contribution in [-0.4, -0.2) is 39.0 Å². The van der Waals surface area contributed by atoms with Crippen LogP contribution in [0.25, 0.3) is 0 Å². The average molecular weight is 354 g/mol. The summed E-state index contributed by atoms with van der Waals surface area (Å²) in [6.45, 7) is 4.36. The number of nitrogens with one attached hydrogen (secondary N) is 1. The summed E-state index contributed by atoms with van der Waals surface area (Å²) >= 11 is 0. The first-order valence-corrected chi connectivity index (χ1v) is 9.65. The maximum atomic E-state index is 12.5. The summed E-state index contributed by atoms with van der Waals surface area (Å²) in [5.41, 5.74) is 0.339. The first kappa shape index (κ1) is 18.9. The van der Waals surface area contributed by atoms with Crippen molar-refractivity contribution in [1.82, 2.24) is 9.79 Å². The fourth-order valence-corrected chi connectivity index (χ4v) is 4.10. The highest BCUT2D eigenvalue weighted by Gasteiger charge is 2.29. The van der Waals surface area contributed by atoms with Crippen LogP contribution in [0.15, 0.2) is 29.2 Å². The molecule has 1 amide bonds. The van der Waals surface area contributed by atoms with Crippen molar-refractivity contribution in [3.05, 3.63) is 29.8 Å². The number of nitrogens with zero attached hydrogens (tertiary/aromatic N) is 1. The van der Waals surface area contributed by atoms with Crippen molar-refractivity contribution >= 4 is 15.9 Å². The number of hydroxylamine groups is 1. The number of sulfonamides is 1. The van der Waals surface area contributed by atoms with E-state index < -0.39 is 10.0 Å². The lowest BCUT2D eigenvalue weighted by Gasteiger charge is -2.34. The molecule has 24 heavy (non-hydrogen) atoms. The molecular weight excluding hydrogens is 328 g/mol. The van der Waals surface area contributed by atoms with Crippen molar-refractivity contribution in [3.8, 4) is 0 Å². The number of benzene rings is 1. The van der Waals surface area contributed by atoms with Gasteiger partial charge in [0.15, 0.2) is 0 Å². The smallest absolute Gasteiger partial charge is 0.264 e. The minimum atomic E-state index is -3.77. The second-order valence-electron chi connectivity index (χ2n) is 6.47. The molecule has 3 atom stereocenters. The lowest BCUT2D eigenvalue weighted by molar-refractivity contribution is -0.0258. The van der Waals surface area contributed by atoms with E-state index in [0.29, 0.717) is 17.4 Å². The molecule has 0 bridgehead atoms. The average Bonchev–Trinajstić information content (AvgIpc) is 2.58. The Balaban J connectivity index is 2.18. The van der Waals surface area contributed by atoms with E-state index >= 15 is 0 Å². The van der Waals surface area contributed by atoms with Crippen LogP contribution in [0.2, 0.25) is 0 Å². The molecule has 1 N–H and O–H groups in total. The molecule has 1 aromatic rings. The van der Waals surface area contributed by atoms with Gasteiger partial charge in [0.2, 0.25) is 0 Å². The molecule has 0 aromatic heterocycles. The maximum absolute atomic E-state index is 12.5. The Hall–Kier alpha value is -1.44. The van der Waals surface area contributed by atoms with Crippen molar-refractivity contribution in [2.24, 2.45) is 11.8 Å². The highest BCUT2D eigenvalue weighted by Crippen LogP contribution is 2.29. The molecule has 134 valence electrons. The van der Waals surface area contributed by atoms with Crippen molar-refractivity contribution in [1.29, 1.82) is 0 Å². The maximum Gasteiger partial charge on any atom is 0.264 e. The van der Waals surface area contributed by atoms with Crippen LogP contribution in [0.4, 0.5) is 0 Å². The Bertz CT molecular complexity index is 690. The standard InChI is InChI=1S/C17H26N2O4S/c1-12-7-5-10-16(13(12)2)18-17(20)14-8-6-9-15(11-14)24(21,22)19(3)23-4/h6,8-9,11-13,16H,5,7,10H2,1-4H3,(H,18,20)/t12-,13-,16+/m0/s1. The molecule has 0 aliphatic heterocycles. The quantitative estimate of drug-likeness (QED) is 0.824. The highest BCUT2D eigenvalue weighted by atomic mass is 32.2. The van der Waals surface area contributed by atoms with Gasteiger partial charge in [-0.1, -0.05) is 37.2 Å². The Morgan fingerprint density at radius 1 is 1.29 bits per heavy atom. The number of amides is 1. The zero-order valence-corrected chi connectivity index (χ0v) is 15.5. The fraction of sp³-hybridized carbons (Fsp3) is 0.588. The normalized spacial score (nSPS) is 24.8. The summed E-state index contributed by atoms with van der Waals surface area (Å²) in [5, 5.41) is 3.06. The molecule has 1 aromatic carbocycles. The zero-order chi connectivity index (χ0) is 17.9. The van der Waals surface area contributed by atoms with Crippen molar-refractivity contribution in [3.63, 3.8) is 0 Å². The van der Waals surface area contributed by atoms with Crippen LogP contribution in [-0.2, 0) is 14.9 Å². The van der Waals surface area contributed by atoms with Crippen LogP contribution < -0.4 is 5.32 Å². The number of hydrogen-bond donors (Lipinski definition) is 1. The predicted octanol–water partition coefficient (Wildman–Crippen LogP) is 2.42. The van der Waals surface area contributed by atoms with Gasteiger partial charge in [0.25, 0.3) is 15.9 Å². The Morgan fingerprint density at radius 2 is 2.00 bits per heavy atom. The zero-order valence-electron chi connectivity index (χ0n) is 14.7.